The number of ether oxygens (including phenoxy) is 1. The van der Waals surface area contributed by atoms with Crippen molar-refractivity contribution in [3.63, 3.8) is 0 Å². The topological polar surface area (TPSA) is 73.6 Å². The average molecular weight is 190 g/mol. The molecule has 0 aliphatic carbocycles. The van der Waals surface area contributed by atoms with Crippen LogP contribution in [0.4, 0.5) is 0 Å². The number of hydroxylamine groups is 1. The predicted molar refractivity (Wildman–Crippen MR) is 48.8 cm³/mol. The lowest BCUT2D eigenvalue weighted by molar-refractivity contribution is -0.136. The van der Waals surface area contributed by atoms with Gasteiger partial charge in [-0.05, 0) is 5.92 Å². The van der Waals surface area contributed by atoms with Crippen LogP contribution in [0.3, 0.4) is 0 Å². The van der Waals surface area contributed by atoms with Gasteiger partial charge in [-0.3, -0.25) is 9.63 Å². The van der Waals surface area contributed by atoms with Crippen molar-refractivity contribution in [1.29, 1.82) is 0 Å². The fourth-order valence-electron chi connectivity index (χ4n) is 0.610. The number of hydrogen-bond donors (Lipinski definition) is 2. The molecule has 0 saturated heterocycles. The van der Waals surface area contributed by atoms with E-state index in [0.29, 0.717) is 12.5 Å². The highest BCUT2D eigenvalue weighted by Crippen LogP contribution is 1.90. The maximum absolute atomic E-state index is 11.1. The normalized spacial score (nSPS) is 13.0. The highest BCUT2D eigenvalue weighted by atomic mass is 16.7. The van der Waals surface area contributed by atoms with E-state index in [9.17, 15) is 4.79 Å². The third-order valence-corrected chi connectivity index (χ3v) is 1.27. The number of hydrogen-bond acceptors (Lipinski definition) is 4. The van der Waals surface area contributed by atoms with Crippen LogP contribution >= 0.6 is 0 Å². The van der Waals surface area contributed by atoms with Crippen LogP contribution in [0.5, 0.6) is 0 Å². The van der Waals surface area contributed by atoms with Gasteiger partial charge in [-0.1, -0.05) is 13.8 Å². The Morgan fingerprint density at radius 3 is 2.54 bits per heavy atom. The maximum Gasteiger partial charge on any atom is 0.262 e. The number of carbonyl (C=O) groups excluding carboxylic acids is 1. The monoisotopic (exact) mass is 190 g/mol. The lowest BCUT2D eigenvalue weighted by Gasteiger charge is -2.11. The fourth-order valence-corrected chi connectivity index (χ4v) is 0.610. The molecule has 1 amide bonds. The van der Waals surface area contributed by atoms with E-state index in [4.69, 9.17) is 15.3 Å². The Balaban J connectivity index is 3.50. The third-order valence-electron chi connectivity index (χ3n) is 1.27. The van der Waals surface area contributed by atoms with Crippen molar-refractivity contribution < 1.29 is 14.4 Å². The van der Waals surface area contributed by atoms with Crippen LogP contribution in [0.25, 0.3) is 0 Å². The van der Waals surface area contributed by atoms with Crippen LogP contribution in [-0.4, -0.2) is 32.3 Å². The maximum atomic E-state index is 11.1. The van der Waals surface area contributed by atoms with E-state index in [0.717, 1.165) is 0 Å². The molecule has 0 radical (unpaired) electrons. The zero-order valence-electron chi connectivity index (χ0n) is 8.37. The Morgan fingerprint density at radius 1 is 1.46 bits per heavy atom. The average Bonchev–Trinajstić information content (AvgIpc) is 2.04. The molecule has 0 aliphatic heterocycles. The summed E-state index contributed by atoms with van der Waals surface area (Å²) >= 11 is 0. The van der Waals surface area contributed by atoms with Gasteiger partial charge >= 0.3 is 0 Å². The molecule has 0 aromatic heterocycles. The molecule has 5 heteroatoms. The fraction of sp³-hybridized carbons (Fsp3) is 0.875. The first kappa shape index (κ1) is 12.3. The summed E-state index contributed by atoms with van der Waals surface area (Å²) in [6.07, 6.45) is 0. The van der Waals surface area contributed by atoms with Crippen molar-refractivity contribution in [2.45, 2.75) is 19.9 Å². The minimum Gasteiger partial charge on any atom is -0.383 e. The van der Waals surface area contributed by atoms with Crippen LogP contribution in [0, 0.1) is 5.92 Å². The molecule has 0 bridgehead atoms. The van der Waals surface area contributed by atoms with E-state index in [1.54, 1.807) is 0 Å². The molecule has 78 valence electrons. The molecule has 0 rings (SSSR count). The van der Waals surface area contributed by atoms with Crippen LogP contribution in [0.1, 0.15) is 13.8 Å². The summed E-state index contributed by atoms with van der Waals surface area (Å²) in [5, 5.41) is 0. The Kier molecular flexibility index (Phi) is 6.48. The number of nitrogens with one attached hydrogen (secondary N) is 1. The minimum atomic E-state index is -0.669. The van der Waals surface area contributed by atoms with Crippen molar-refractivity contribution in [2.24, 2.45) is 11.7 Å². The molecule has 1 unspecified atom stereocenters. The molecule has 0 aromatic rings. The second kappa shape index (κ2) is 6.82. The molecule has 0 aliphatic rings. The number of rotatable bonds is 6. The highest BCUT2D eigenvalue weighted by Gasteiger charge is 2.12. The van der Waals surface area contributed by atoms with Gasteiger partial charge in [0.1, 0.15) is 6.04 Å². The number of amides is 1. The molecular weight excluding hydrogens is 172 g/mol. The van der Waals surface area contributed by atoms with Gasteiger partial charge in [0.15, 0.2) is 0 Å². The van der Waals surface area contributed by atoms with Crippen LogP contribution in [0.2, 0.25) is 0 Å². The highest BCUT2D eigenvalue weighted by molar-refractivity contribution is 5.80. The standard InChI is InChI=1S/C8H18N2O3/c1-6(2)4-13-10-8(11)7(9)5-12-3/h6-7H,4-5,9H2,1-3H3,(H,10,11). The lowest BCUT2D eigenvalue weighted by Crippen LogP contribution is -2.43. The van der Waals surface area contributed by atoms with Gasteiger partial charge in [-0.25, -0.2) is 5.48 Å². The van der Waals surface area contributed by atoms with Gasteiger partial charge in [0.05, 0.1) is 13.2 Å². The number of methoxy groups -OCH3 is 1. The first-order valence-corrected chi connectivity index (χ1v) is 4.24. The summed E-state index contributed by atoms with van der Waals surface area (Å²) in [6.45, 7) is 4.64. The molecule has 0 fully saturated rings. The molecular formula is C8H18N2O3. The van der Waals surface area contributed by atoms with E-state index < -0.39 is 6.04 Å². The summed E-state index contributed by atoms with van der Waals surface area (Å²) in [4.78, 5) is 16.0. The predicted octanol–water partition coefficient (Wildman–Crippen LogP) is -0.336. The van der Waals surface area contributed by atoms with E-state index in [1.807, 2.05) is 13.8 Å². The van der Waals surface area contributed by atoms with Crippen molar-refractivity contribution in [3.8, 4) is 0 Å². The molecule has 1 atom stereocenters. The second-order valence-corrected chi connectivity index (χ2v) is 3.23. The first-order chi connectivity index (χ1) is 6.07. The second-order valence-electron chi connectivity index (χ2n) is 3.23. The third kappa shape index (κ3) is 6.51. The zero-order valence-corrected chi connectivity index (χ0v) is 8.37. The molecule has 0 spiro atoms. The molecule has 0 saturated carbocycles. The summed E-state index contributed by atoms with van der Waals surface area (Å²) in [5.74, 6) is 0.0152. The van der Waals surface area contributed by atoms with E-state index in [-0.39, 0.29) is 12.5 Å². The lowest BCUT2D eigenvalue weighted by atomic mass is 10.2. The molecule has 13 heavy (non-hydrogen) atoms. The molecule has 0 aromatic carbocycles. The Morgan fingerprint density at radius 2 is 2.08 bits per heavy atom. The van der Waals surface area contributed by atoms with Gasteiger partial charge in [0.25, 0.3) is 5.91 Å². The van der Waals surface area contributed by atoms with E-state index in [2.05, 4.69) is 5.48 Å². The summed E-state index contributed by atoms with van der Waals surface area (Å²) < 4.78 is 4.71. The van der Waals surface area contributed by atoms with Crippen molar-refractivity contribution in [1.82, 2.24) is 5.48 Å². The molecule has 0 heterocycles. The van der Waals surface area contributed by atoms with Gasteiger partial charge in [0, 0.05) is 7.11 Å². The van der Waals surface area contributed by atoms with Crippen LogP contribution < -0.4 is 11.2 Å². The largest absolute Gasteiger partial charge is 0.383 e. The van der Waals surface area contributed by atoms with Gasteiger partial charge in [-0.15, -0.1) is 0 Å². The SMILES string of the molecule is COCC(N)C(=O)NOCC(C)C. The minimum absolute atomic E-state index is 0.191. The van der Waals surface area contributed by atoms with Crippen LogP contribution in [0.15, 0.2) is 0 Å². The summed E-state index contributed by atoms with van der Waals surface area (Å²) in [6, 6.07) is -0.669. The number of carbonyl (C=O) groups is 1. The Hall–Kier alpha value is -0.650. The van der Waals surface area contributed by atoms with Crippen LogP contribution in [-0.2, 0) is 14.4 Å². The molecule has 5 nitrogen and oxygen atoms in total. The Labute approximate surface area is 78.5 Å². The zero-order chi connectivity index (χ0) is 10.3. The van der Waals surface area contributed by atoms with Gasteiger partial charge in [0.2, 0.25) is 0 Å². The van der Waals surface area contributed by atoms with Gasteiger partial charge < -0.3 is 10.5 Å². The smallest absolute Gasteiger partial charge is 0.262 e. The van der Waals surface area contributed by atoms with E-state index >= 15 is 0 Å². The molecule has 3 N–H and O–H groups in total. The summed E-state index contributed by atoms with van der Waals surface area (Å²) in [7, 11) is 1.49. The first-order valence-electron chi connectivity index (χ1n) is 4.24. The van der Waals surface area contributed by atoms with Crippen molar-refractivity contribution in [2.75, 3.05) is 20.3 Å². The summed E-state index contributed by atoms with van der Waals surface area (Å²) in [5.41, 5.74) is 7.68. The van der Waals surface area contributed by atoms with Crippen molar-refractivity contribution in [3.05, 3.63) is 0 Å². The van der Waals surface area contributed by atoms with Gasteiger partial charge in [-0.2, -0.15) is 0 Å². The van der Waals surface area contributed by atoms with E-state index in [1.165, 1.54) is 7.11 Å². The van der Waals surface area contributed by atoms with Crippen molar-refractivity contribution >= 4 is 5.91 Å². The number of nitrogens with two attached hydrogens (primary N) is 1. The quantitative estimate of drug-likeness (QED) is 0.562. The Bertz CT molecular complexity index is 150.